The molecule has 0 aliphatic heterocycles. The Kier molecular flexibility index (Phi) is 4.02. The molecule has 0 aromatic heterocycles. The van der Waals surface area contributed by atoms with Crippen molar-refractivity contribution in [1.82, 2.24) is 5.32 Å². The summed E-state index contributed by atoms with van der Waals surface area (Å²) in [6.45, 7) is 3.29. The molecule has 1 aliphatic carbocycles. The lowest BCUT2D eigenvalue weighted by atomic mass is 9.77. The van der Waals surface area contributed by atoms with Crippen molar-refractivity contribution in [3.8, 4) is 0 Å². The molecule has 0 fully saturated rings. The molecule has 21 heavy (non-hydrogen) atoms. The number of carbonyl (C=O) groups is 1. The van der Waals surface area contributed by atoms with Crippen molar-refractivity contribution in [3.05, 3.63) is 65.2 Å². The first-order valence-electron chi connectivity index (χ1n) is 7.38. The van der Waals surface area contributed by atoms with E-state index in [0.717, 1.165) is 30.8 Å². The standard InChI is InChI=1S/C18H20N2O/c1-13(21)20-18-9-5-3-7-15(18)11-19-12-16-10-14-6-2-4-8-17(14)16/h2-9,16,19H,10-12H2,1H3,(H,20,21). The van der Waals surface area contributed by atoms with Gasteiger partial charge in [-0.1, -0.05) is 42.5 Å². The lowest BCUT2D eigenvalue weighted by Crippen LogP contribution is -2.29. The van der Waals surface area contributed by atoms with Crippen molar-refractivity contribution in [2.24, 2.45) is 0 Å². The number of anilines is 1. The van der Waals surface area contributed by atoms with Gasteiger partial charge in [0.1, 0.15) is 0 Å². The van der Waals surface area contributed by atoms with Crippen molar-refractivity contribution >= 4 is 11.6 Å². The molecule has 0 bridgehead atoms. The van der Waals surface area contributed by atoms with Crippen molar-refractivity contribution in [1.29, 1.82) is 0 Å². The summed E-state index contributed by atoms with van der Waals surface area (Å²) >= 11 is 0. The van der Waals surface area contributed by atoms with Gasteiger partial charge in [0.05, 0.1) is 0 Å². The van der Waals surface area contributed by atoms with Crippen LogP contribution >= 0.6 is 0 Å². The minimum atomic E-state index is -0.0321. The number of rotatable bonds is 5. The zero-order valence-corrected chi connectivity index (χ0v) is 12.2. The summed E-state index contributed by atoms with van der Waals surface area (Å²) in [6, 6.07) is 16.6. The van der Waals surface area contributed by atoms with E-state index in [0.29, 0.717) is 5.92 Å². The molecule has 2 aromatic rings. The highest BCUT2D eigenvalue weighted by Gasteiger charge is 2.24. The minimum Gasteiger partial charge on any atom is -0.326 e. The molecule has 3 rings (SSSR count). The summed E-state index contributed by atoms with van der Waals surface area (Å²) in [5, 5.41) is 6.38. The monoisotopic (exact) mass is 280 g/mol. The average molecular weight is 280 g/mol. The van der Waals surface area contributed by atoms with Gasteiger partial charge >= 0.3 is 0 Å². The highest BCUT2D eigenvalue weighted by molar-refractivity contribution is 5.89. The molecule has 1 unspecified atom stereocenters. The summed E-state index contributed by atoms with van der Waals surface area (Å²) < 4.78 is 0. The molecule has 1 amide bonds. The SMILES string of the molecule is CC(=O)Nc1ccccc1CNCC1Cc2ccccc21. The van der Waals surface area contributed by atoms with Crippen molar-refractivity contribution in [3.63, 3.8) is 0 Å². The molecular weight excluding hydrogens is 260 g/mol. The number of nitrogens with one attached hydrogen (secondary N) is 2. The van der Waals surface area contributed by atoms with Crippen molar-refractivity contribution in [2.75, 3.05) is 11.9 Å². The van der Waals surface area contributed by atoms with Crippen molar-refractivity contribution < 1.29 is 4.79 Å². The van der Waals surface area contributed by atoms with Gasteiger partial charge in [0.2, 0.25) is 5.91 Å². The Morgan fingerprint density at radius 2 is 1.90 bits per heavy atom. The second-order valence-electron chi connectivity index (χ2n) is 5.57. The Labute approximate surface area is 125 Å². The normalized spacial score (nSPS) is 16.0. The van der Waals surface area contributed by atoms with Crippen LogP contribution in [0.3, 0.4) is 0 Å². The van der Waals surface area contributed by atoms with E-state index >= 15 is 0 Å². The quantitative estimate of drug-likeness (QED) is 0.883. The first-order valence-corrected chi connectivity index (χ1v) is 7.38. The smallest absolute Gasteiger partial charge is 0.221 e. The summed E-state index contributed by atoms with van der Waals surface area (Å²) in [4.78, 5) is 11.2. The van der Waals surface area contributed by atoms with E-state index in [9.17, 15) is 4.79 Å². The van der Waals surface area contributed by atoms with E-state index in [-0.39, 0.29) is 5.91 Å². The fraction of sp³-hybridized carbons (Fsp3) is 0.278. The summed E-state index contributed by atoms with van der Waals surface area (Å²) in [6.07, 6.45) is 1.16. The molecule has 2 aromatic carbocycles. The second kappa shape index (κ2) is 6.10. The predicted molar refractivity (Wildman–Crippen MR) is 85.3 cm³/mol. The number of para-hydroxylation sites is 1. The number of carbonyl (C=O) groups excluding carboxylic acids is 1. The van der Waals surface area contributed by atoms with Crippen molar-refractivity contribution in [2.45, 2.75) is 25.8 Å². The van der Waals surface area contributed by atoms with Crippen LogP contribution in [0.5, 0.6) is 0 Å². The van der Waals surface area contributed by atoms with Gasteiger partial charge in [0, 0.05) is 31.6 Å². The average Bonchev–Trinajstić information content (AvgIpc) is 2.45. The van der Waals surface area contributed by atoms with Gasteiger partial charge in [-0.2, -0.15) is 0 Å². The van der Waals surface area contributed by atoms with Gasteiger partial charge < -0.3 is 10.6 Å². The fourth-order valence-electron chi connectivity index (χ4n) is 2.91. The van der Waals surface area contributed by atoms with Gasteiger partial charge in [-0.05, 0) is 29.2 Å². The Hall–Kier alpha value is -2.13. The number of hydrogen-bond acceptors (Lipinski definition) is 2. The van der Waals surface area contributed by atoms with Crippen LogP contribution < -0.4 is 10.6 Å². The molecule has 0 radical (unpaired) electrons. The molecule has 1 aliphatic rings. The maximum atomic E-state index is 11.2. The highest BCUT2D eigenvalue weighted by Crippen LogP contribution is 2.34. The summed E-state index contributed by atoms with van der Waals surface area (Å²) in [5.74, 6) is 0.587. The molecular formula is C18H20N2O. The second-order valence-corrected chi connectivity index (χ2v) is 5.57. The number of fused-ring (bicyclic) bond motifs is 1. The Bertz CT molecular complexity index is 651. The Balaban J connectivity index is 1.56. The molecule has 0 saturated carbocycles. The lowest BCUT2D eigenvalue weighted by Gasteiger charge is -2.30. The van der Waals surface area contributed by atoms with Crippen LogP contribution in [-0.4, -0.2) is 12.5 Å². The predicted octanol–water partition coefficient (Wildman–Crippen LogP) is 3.07. The largest absolute Gasteiger partial charge is 0.326 e. The zero-order chi connectivity index (χ0) is 14.7. The third-order valence-corrected chi connectivity index (χ3v) is 4.00. The molecule has 2 N–H and O–H groups in total. The number of hydrogen-bond donors (Lipinski definition) is 2. The first kappa shape index (κ1) is 13.8. The Morgan fingerprint density at radius 3 is 2.71 bits per heavy atom. The highest BCUT2D eigenvalue weighted by atomic mass is 16.1. The molecule has 0 saturated heterocycles. The van der Waals surface area contributed by atoms with Crippen LogP contribution in [0.25, 0.3) is 0 Å². The Morgan fingerprint density at radius 1 is 1.14 bits per heavy atom. The van der Waals surface area contributed by atoms with Crippen LogP contribution in [-0.2, 0) is 17.8 Å². The van der Waals surface area contributed by atoms with E-state index in [1.807, 2.05) is 24.3 Å². The van der Waals surface area contributed by atoms with Gasteiger partial charge in [-0.15, -0.1) is 0 Å². The van der Waals surface area contributed by atoms with Crippen LogP contribution in [0.1, 0.15) is 29.5 Å². The third-order valence-electron chi connectivity index (χ3n) is 4.00. The van der Waals surface area contributed by atoms with Gasteiger partial charge in [0.15, 0.2) is 0 Å². The molecule has 3 heteroatoms. The maximum absolute atomic E-state index is 11.2. The summed E-state index contributed by atoms with van der Waals surface area (Å²) in [7, 11) is 0. The van der Waals surface area contributed by atoms with Gasteiger partial charge in [0.25, 0.3) is 0 Å². The van der Waals surface area contributed by atoms with E-state index < -0.39 is 0 Å². The first-order chi connectivity index (χ1) is 10.2. The van der Waals surface area contributed by atoms with Gasteiger partial charge in [-0.25, -0.2) is 0 Å². The molecule has 1 atom stereocenters. The van der Waals surface area contributed by atoms with Crippen LogP contribution in [0.2, 0.25) is 0 Å². The van der Waals surface area contributed by atoms with Crippen LogP contribution in [0.15, 0.2) is 48.5 Å². The summed E-state index contributed by atoms with van der Waals surface area (Å²) in [5.41, 5.74) is 4.97. The number of benzene rings is 2. The van der Waals surface area contributed by atoms with Gasteiger partial charge in [-0.3, -0.25) is 4.79 Å². The van der Waals surface area contributed by atoms with E-state index in [2.05, 4.69) is 34.9 Å². The molecule has 0 spiro atoms. The maximum Gasteiger partial charge on any atom is 0.221 e. The molecule has 108 valence electrons. The van der Waals surface area contributed by atoms with E-state index in [4.69, 9.17) is 0 Å². The molecule has 3 nitrogen and oxygen atoms in total. The third kappa shape index (κ3) is 3.14. The van der Waals surface area contributed by atoms with E-state index in [1.54, 1.807) is 0 Å². The number of amides is 1. The lowest BCUT2D eigenvalue weighted by molar-refractivity contribution is -0.114. The van der Waals surface area contributed by atoms with Crippen LogP contribution in [0.4, 0.5) is 5.69 Å². The topological polar surface area (TPSA) is 41.1 Å². The zero-order valence-electron chi connectivity index (χ0n) is 12.2. The minimum absolute atomic E-state index is 0.0321. The van der Waals surface area contributed by atoms with Crippen LogP contribution in [0, 0.1) is 0 Å². The molecule has 0 heterocycles. The fourth-order valence-corrected chi connectivity index (χ4v) is 2.91. The van der Waals surface area contributed by atoms with E-state index in [1.165, 1.54) is 18.1 Å².